The summed E-state index contributed by atoms with van der Waals surface area (Å²) in [6.45, 7) is 0.693. The van der Waals surface area contributed by atoms with Gasteiger partial charge in [0.2, 0.25) is 0 Å². The zero-order chi connectivity index (χ0) is 13.0. The Morgan fingerprint density at radius 3 is 3.11 bits per heavy atom. The minimum Gasteiger partial charge on any atom is -0.453 e. The van der Waals surface area contributed by atoms with E-state index in [0.717, 1.165) is 6.42 Å². The molecule has 1 aliphatic heterocycles. The summed E-state index contributed by atoms with van der Waals surface area (Å²) in [4.78, 5) is 14.3. The van der Waals surface area contributed by atoms with Crippen molar-refractivity contribution < 1.29 is 9.53 Å². The fourth-order valence-corrected chi connectivity index (χ4v) is 3.13. The topological polar surface area (TPSA) is 29.5 Å². The van der Waals surface area contributed by atoms with E-state index >= 15 is 0 Å². The normalized spacial score (nSPS) is 13.9. The van der Waals surface area contributed by atoms with Crippen molar-refractivity contribution >= 4 is 17.9 Å². The van der Waals surface area contributed by atoms with Crippen molar-refractivity contribution in [2.45, 2.75) is 24.2 Å². The fourth-order valence-electron chi connectivity index (χ4n) is 2.11. The molecular weight excluding hydrogens is 246 g/mol. The molecular formula is C14H19NO2S. The Balaban J connectivity index is 1.96. The Labute approximate surface area is 113 Å². The Morgan fingerprint density at radius 1 is 1.50 bits per heavy atom. The van der Waals surface area contributed by atoms with Gasteiger partial charge in [-0.05, 0) is 42.2 Å². The molecule has 0 spiro atoms. The molecule has 0 aliphatic carbocycles. The lowest BCUT2D eigenvalue weighted by Gasteiger charge is -2.18. The van der Waals surface area contributed by atoms with Crippen molar-refractivity contribution in [3.8, 4) is 0 Å². The number of hydrogen-bond donors (Lipinski definition) is 0. The molecule has 0 saturated carbocycles. The van der Waals surface area contributed by atoms with Crippen LogP contribution in [-0.4, -0.2) is 37.4 Å². The van der Waals surface area contributed by atoms with E-state index in [0.29, 0.717) is 6.54 Å². The van der Waals surface area contributed by atoms with Crippen LogP contribution in [0, 0.1) is 0 Å². The number of likely N-dealkylation sites (N-methyl/N-ethyl adjacent to an activating group) is 1. The van der Waals surface area contributed by atoms with E-state index in [9.17, 15) is 4.79 Å². The second-order valence-corrected chi connectivity index (χ2v) is 5.67. The van der Waals surface area contributed by atoms with Gasteiger partial charge in [0.1, 0.15) is 0 Å². The van der Waals surface area contributed by atoms with Crippen LogP contribution in [0.1, 0.15) is 17.5 Å². The van der Waals surface area contributed by atoms with Crippen LogP contribution in [0.3, 0.4) is 0 Å². The third-order valence-electron chi connectivity index (χ3n) is 3.20. The van der Waals surface area contributed by atoms with Crippen LogP contribution in [0.15, 0.2) is 23.1 Å². The largest absolute Gasteiger partial charge is 0.453 e. The molecule has 0 bridgehead atoms. The molecule has 1 amide bonds. The Bertz CT molecular complexity index is 434. The summed E-state index contributed by atoms with van der Waals surface area (Å²) in [6, 6.07) is 6.67. The summed E-state index contributed by atoms with van der Waals surface area (Å²) in [5.41, 5.74) is 2.76. The highest BCUT2D eigenvalue weighted by Gasteiger charge is 2.11. The lowest BCUT2D eigenvalue weighted by Crippen LogP contribution is -2.28. The summed E-state index contributed by atoms with van der Waals surface area (Å²) in [5, 5.41) is 0. The smallest absolute Gasteiger partial charge is 0.409 e. The molecule has 1 heterocycles. The molecule has 0 aromatic heterocycles. The quantitative estimate of drug-likeness (QED) is 0.841. The third-order valence-corrected chi connectivity index (χ3v) is 4.40. The van der Waals surface area contributed by atoms with E-state index in [1.54, 1.807) is 11.9 Å². The number of nitrogens with zero attached hydrogens (tertiary/aromatic N) is 1. The summed E-state index contributed by atoms with van der Waals surface area (Å²) in [5.74, 6) is 1.23. The second-order valence-electron chi connectivity index (χ2n) is 4.54. The molecule has 4 heteroatoms. The molecule has 3 nitrogen and oxygen atoms in total. The van der Waals surface area contributed by atoms with Crippen LogP contribution in [0.5, 0.6) is 0 Å². The minimum absolute atomic E-state index is 0.275. The third kappa shape index (κ3) is 3.19. The van der Waals surface area contributed by atoms with Crippen molar-refractivity contribution in [2.24, 2.45) is 0 Å². The predicted molar refractivity (Wildman–Crippen MR) is 74.2 cm³/mol. The van der Waals surface area contributed by atoms with E-state index in [4.69, 9.17) is 0 Å². The van der Waals surface area contributed by atoms with Gasteiger partial charge in [-0.25, -0.2) is 4.79 Å². The predicted octanol–water partition coefficient (Wildman–Crippen LogP) is 2.97. The van der Waals surface area contributed by atoms with Gasteiger partial charge in [0.25, 0.3) is 0 Å². The second kappa shape index (κ2) is 6.14. The van der Waals surface area contributed by atoms with Crippen molar-refractivity contribution in [1.29, 1.82) is 0 Å². The van der Waals surface area contributed by atoms with Crippen molar-refractivity contribution in [1.82, 2.24) is 4.90 Å². The number of amides is 1. The number of methoxy groups -OCH3 is 1. The summed E-state index contributed by atoms with van der Waals surface area (Å²) >= 11 is 1.95. The molecule has 98 valence electrons. The molecule has 0 saturated heterocycles. The average Bonchev–Trinajstić information content (AvgIpc) is 2.43. The van der Waals surface area contributed by atoms with Gasteiger partial charge in [-0.15, -0.1) is 11.8 Å². The first-order valence-electron chi connectivity index (χ1n) is 6.24. The number of rotatable bonds is 3. The monoisotopic (exact) mass is 265 g/mol. The highest BCUT2D eigenvalue weighted by molar-refractivity contribution is 7.99. The minimum atomic E-state index is -0.275. The Hall–Kier alpha value is -1.16. The lowest BCUT2D eigenvalue weighted by molar-refractivity contribution is 0.134. The molecule has 0 atom stereocenters. The van der Waals surface area contributed by atoms with Gasteiger partial charge in [0.15, 0.2) is 0 Å². The van der Waals surface area contributed by atoms with Gasteiger partial charge in [0.05, 0.1) is 7.11 Å². The van der Waals surface area contributed by atoms with Crippen molar-refractivity contribution in [2.75, 3.05) is 26.5 Å². The maximum atomic E-state index is 11.3. The maximum Gasteiger partial charge on any atom is 0.409 e. The number of hydrogen-bond acceptors (Lipinski definition) is 3. The van der Waals surface area contributed by atoms with Gasteiger partial charge in [-0.1, -0.05) is 12.1 Å². The molecule has 0 N–H and O–H groups in total. The zero-order valence-corrected chi connectivity index (χ0v) is 11.8. The van der Waals surface area contributed by atoms with Crippen LogP contribution in [0.4, 0.5) is 4.79 Å². The molecule has 0 radical (unpaired) electrons. The van der Waals surface area contributed by atoms with Gasteiger partial charge in [0, 0.05) is 18.5 Å². The van der Waals surface area contributed by atoms with Gasteiger partial charge >= 0.3 is 6.09 Å². The van der Waals surface area contributed by atoms with Crippen molar-refractivity contribution in [3.63, 3.8) is 0 Å². The van der Waals surface area contributed by atoms with Crippen LogP contribution < -0.4 is 0 Å². The first-order valence-corrected chi connectivity index (χ1v) is 7.23. The lowest BCUT2D eigenvalue weighted by atomic mass is 10.0. The van der Waals surface area contributed by atoms with Crippen LogP contribution in [0.2, 0.25) is 0 Å². The van der Waals surface area contributed by atoms with Crippen LogP contribution in [0.25, 0.3) is 0 Å². The van der Waals surface area contributed by atoms with Gasteiger partial charge < -0.3 is 9.64 Å². The van der Waals surface area contributed by atoms with Crippen molar-refractivity contribution in [3.05, 3.63) is 29.3 Å². The summed E-state index contributed by atoms with van der Waals surface area (Å²) in [7, 11) is 3.18. The maximum absolute atomic E-state index is 11.3. The molecule has 1 aliphatic rings. The number of fused-ring (bicyclic) bond motifs is 1. The number of carbonyl (C=O) groups is 1. The summed E-state index contributed by atoms with van der Waals surface area (Å²) in [6.07, 6.45) is 3.05. The van der Waals surface area contributed by atoms with Crippen LogP contribution >= 0.6 is 11.8 Å². The summed E-state index contributed by atoms with van der Waals surface area (Å²) < 4.78 is 4.67. The molecule has 1 aromatic rings. The molecule has 1 aromatic carbocycles. The number of thioether (sulfide) groups is 1. The first kappa shape index (κ1) is 13.3. The zero-order valence-electron chi connectivity index (χ0n) is 10.9. The molecule has 0 fully saturated rings. The first-order chi connectivity index (χ1) is 8.70. The molecule has 2 rings (SSSR count). The molecule has 0 unspecified atom stereocenters. The average molecular weight is 265 g/mol. The van der Waals surface area contributed by atoms with Gasteiger partial charge in [-0.2, -0.15) is 0 Å². The van der Waals surface area contributed by atoms with E-state index in [-0.39, 0.29) is 6.09 Å². The number of ether oxygens (including phenoxy) is 1. The van der Waals surface area contributed by atoms with Crippen LogP contribution in [-0.2, 0) is 17.6 Å². The Morgan fingerprint density at radius 2 is 2.33 bits per heavy atom. The number of carbonyl (C=O) groups excluding carboxylic acids is 1. The number of aryl methyl sites for hydroxylation is 1. The highest BCUT2D eigenvalue weighted by Crippen LogP contribution is 2.30. The van der Waals surface area contributed by atoms with Gasteiger partial charge in [-0.3, -0.25) is 0 Å². The van der Waals surface area contributed by atoms with E-state index in [2.05, 4.69) is 22.9 Å². The number of benzene rings is 1. The SMILES string of the molecule is COC(=O)N(C)CCc1ccc2c(c1)CCCS2. The standard InChI is InChI=1S/C14H19NO2S/c1-15(14(16)17-2)8-7-11-5-6-13-12(10-11)4-3-9-18-13/h5-6,10H,3-4,7-9H2,1-2H3. The highest BCUT2D eigenvalue weighted by atomic mass is 32.2. The van der Waals surface area contributed by atoms with E-state index in [1.165, 1.54) is 41.7 Å². The fraction of sp³-hybridized carbons (Fsp3) is 0.500. The Kier molecular flexibility index (Phi) is 4.53. The molecule has 18 heavy (non-hydrogen) atoms. The van der Waals surface area contributed by atoms with E-state index < -0.39 is 0 Å². The van der Waals surface area contributed by atoms with E-state index in [1.807, 2.05) is 11.8 Å².